The van der Waals surface area contributed by atoms with Crippen LogP contribution in [-0.2, 0) is 20.6 Å². The lowest BCUT2D eigenvalue weighted by Gasteiger charge is -2.22. The van der Waals surface area contributed by atoms with Gasteiger partial charge in [0.1, 0.15) is 0 Å². The lowest BCUT2D eigenvalue weighted by Crippen LogP contribution is -2.39. The minimum Gasteiger partial charge on any atom is -0.352 e. The summed E-state index contributed by atoms with van der Waals surface area (Å²) >= 11 is 0. The molecule has 2 aliphatic heterocycles. The first-order valence-corrected chi connectivity index (χ1v) is 8.00. The Labute approximate surface area is 112 Å². The van der Waals surface area contributed by atoms with Crippen molar-refractivity contribution in [2.24, 2.45) is 0 Å². The summed E-state index contributed by atoms with van der Waals surface area (Å²) in [4.78, 5) is 11.4. The molecule has 6 heteroatoms. The first kappa shape index (κ1) is 12.6. The fourth-order valence-electron chi connectivity index (χ4n) is 2.91. The summed E-state index contributed by atoms with van der Waals surface area (Å²) in [7, 11) is -3.35. The van der Waals surface area contributed by atoms with Crippen LogP contribution in [0.4, 0.5) is 0 Å². The fourth-order valence-corrected chi connectivity index (χ4v) is 4.70. The number of nitrogens with one attached hydrogen (secondary N) is 1. The smallest absolute Gasteiger partial charge is 0.221 e. The van der Waals surface area contributed by atoms with E-state index in [1.165, 1.54) is 4.31 Å². The maximum atomic E-state index is 12.4. The van der Waals surface area contributed by atoms with Gasteiger partial charge in [-0.05, 0) is 12.0 Å². The molecule has 2 heterocycles. The molecule has 2 saturated heterocycles. The average molecular weight is 280 g/mol. The fraction of sp³-hybridized carbons (Fsp3) is 0.462. The first-order chi connectivity index (χ1) is 9.06. The third kappa shape index (κ3) is 2.37. The van der Waals surface area contributed by atoms with Gasteiger partial charge in [0.05, 0.1) is 11.8 Å². The van der Waals surface area contributed by atoms with Crippen molar-refractivity contribution in [1.29, 1.82) is 0 Å². The molecule has 2 aliphatic rings. The van der Waals surface area contributed by atoms with Crippen molar-refractivity contribution in [2.45, 2.75) is 30.7 Å². The van der Waals surface area contributed by atoms with E-state index in [2.05, 4.69) is 5.32 Å². The lowest BCUT2D eigenvalue weighted by molar-refractivity contribution is -0.119. The summed E-state index contributed by atoms with van der Waals surface area (Å²) < 4.78 is 26.4. The largest absolute Gasteiger partial charge is 0.352 e. The SMILES string of the molecule is O=C1CC2C(CCN2S(=O)(=O)Cc2ccccc2)N1. The van der Waals surface area contributed by atoms with Crippen molar-refractivity contribution >= 4 is 15.9 Å². The average Bonchev–Trinajstić information content (AvgIpc) is 2.88. The molecule has 0 spiro atoms. The molecule has 0 aromatic heterocycles. The van der Waals surface area contributed by atoms with Gasteiger partial charge in [-0.3, -0.25) is 4.79 Å². The van der Waals surface area contributed by atoms with E-state index in [0.717, 1.165) is 5.56 Å². The molecule has 1 N–H and O–H groups in total. The highest BCUT2D eigenvalue weighted by Crippen LogP contribution is 2.29. The van der Waals surface area contributed by atoms with E-state index in [4.69, 9.17) is 0 Å². The molecule has 0 aliphatic carbocycles. The van der Waals surface area contributed by atoms with E-state index in [0.29, 0.717) is 19.4 Å². The molecular formula is C13H16N2O3S. The zero-order valence-electron chi connectivity index (χ0n) is 10.5. The summed E-state index contributed by atoms with van der Waals surface area (Å²) in [5, 5.41) is 2.84. The second kappa shape index (κ2) is 4.61. The minimum atomic E-state index is -3.35. The van der Waals surface area contributed by atoms with Crippen LogP contribution in [0.25, 0.3) is 0 Å². The highest BCUT2D eigenvalue weighted by molar-refractivity contribution is 7.88. The molecule has 2 fully saturated rings. The van der Waals surface area contributed by atoms with Gasteiger partial charge in [0.2, 0.25) is 15.9 Å². The van der Waals surface area contributed by atoms with E-state index >= 15 is 0 Å². The first-order valence-electron chi connectivity index (χ1n) is 6.39. The van der Waals surface area contributed by atoms with Crippen molar-refractivity contribution in [3.8, 4) is 0 Å². The Balaban J connectivity index is 1.80. The van der Waals surface area contributed by atoms with Crippen molar-refractivity contribution < 1.29 is 13.2 Å². The molecule has 2 atom stereocenters. The summed E-state index contributed by atoms with van der Waals surface area (Å²) in [6.07, 6.45) is 1.00. The van der Waals surface area contributed by atoms with Gasteiger partial charge in [-0.25, -0.2) is 8.42 Å². The molecule has 1 aromatic rings. The van der Waals surface area contributed by atoms with Crippen LogP contribution < -0.4 is 5.32 Å². The van der Waals surface area contributed by atoms with Crippen LogP contribution in [-0.4, -0.2) is 37.3 Å². The predicted octanol–water partition coefficient (Wildman–Crippen LogP) is 0.479. The molecule has 102 valence electrons. The second-order valence-corrected chi connectivity index (χ2v) is 7.01. The van der Waals surface area contributed by atoms with Crippen LogP contribution in [0.15, 0.2) is 30.3 Å². The van der Waals surface area contributed by atoms with Gasteiger partial charge in [0.25, 0.3) is 0 Å². The molecule has 0 bridgehead atoms. The zero-order valence-corrected chi connectivity index (χ0v) is 11.3. The monoisotopic (exact) mass is 280 g/mol. The van der Waals surface area contributed by atoms with Gasteiger partial charge in [-0.2, -0.15) is 4.31 Å². The topological polar surface area (TPSA) is 66.5 Å². The standard InChI is InChI=1S/C13H16N2O3S/c16-13-8-12-11(14-13)6-7-15(12)19(17,18)9-10-4-2-1-3-5-10/h1-5,11-12H,6-9H2,(H,14,16). The zero-order chi connectivity index (χ0) is 13.5. The van der Waals surface area contributed by atoms with Crippen LogP contribution >= 0.6 is 0 Å². The van der Waals surface area contributed by atoms with Crippen LogP contribution in [0.2, 0.25) is 0 Å². The third-order valence-corrected chi connectivity index (χ3v) is 5.65. The Bertz CT molecular complexity index is 585. The minimum absolute atomic E-state index is 0.00181. The van der Waals surface area contributed by atoms with E-state index < -0.39 is 10.0 Å². The maximum Gasteiger partial charge on any atom is 0.221 e. The van der Waals surface area contributed by atoms with Crippen molar-refractivity contribution in [3.63, 3.8) is 0 Å². The Morgan fingerprint density at radius 3 is 2.74 bits per heavy atom. The predicted molar refractivity (Wildman–Crippen MR) is 70.7 cm³/mol. The Morgan fingerprint density at radius 2 is 2.00 bits per heavy atom. The van der Waals surface area contributed by atoms with Gasteiger partial charge >= 0.3 is 0 Å². The van der Waals surface area contributed by atoms with Gasteiger partial charge in [0.15, 0.2) is 0 Å². The molecular weight excluding hydrogens is 264 g/mol. The summed E-state index contributed by atoms with van der Waals surface area (Å²) in [6, 6.07) is 8.95. The number of fused-ring (bicyclic) bond motifs is 1. The summed E-state index contributed by atoms with van der Waals surface area (Å²) in [6.45, 7) is 0.505. The molecule has 0 saturated carbocycles. The molecule has 19 heavy (non-hydrogen) atoms. The number of amides is 1. The Morgan fingerprint density at radius 1 is 1.26 bits per heavy atom. The number of sulfonamides is 1. The second-order valence-electron chi connectivity index (χ2n) is 5.09. The molecule has 0 radical (unpaired) electrons. The Hall–Kier alpha value is -1.40. The van der Waals surface area contributed by atoms with Gasteiger partial charge < -0.3 is 5.32 Å². The normalized spacial score (nSPS) is 27.3. The van der Waals surface area contributed by atoms with E-state index in [9.17, 15) is 13.2 Å². The molecule has 1 aromatic carbocycles. The molecule has 3 rings (SSSR count). The number of hydrogen-bond donors (Lipinski definition) is 1. The number of rotatable bonds is 3. The number of hydrogen-bond acceptors (Lipinski definition) is 3. The summed E-state index contributed by atoms with van der Waals surface area (Å²) in [5.74, 6) is -0.0414. The number of benzene rings is 1. The van der Waals surface area contributed by atoms with E-state index in [1.807, 2.05) is 30.3 Å². The maximum absolute atomic E-state index is 12.4. The molecule has 1 amide bonds. The Kier molecular flexibility index (Phi) is 3.06. The number of carbonyl (C=O) groups is 1. The van der Waals surface area contributed by atoms with Gasteiger partial charge in [0, 0.05) is 19.0 Å². The van der Waals surface area contributed by atoms with Gasteiger partial charge in [-0.15, -0.1) is 0 Å². The quantitative estimate of drug-likeness (QED) is 0.875. The number of carbonyl (C=O) groups excluding carboxylic acids is 1. The van der Waals surface area contributed by atoms with Crippen LogP contribution in [0.1, 0.15) is 18.4 Å². The summed E-state index contributed by atoms with van der Waals surface area (Å²) in [5.41, 5.74) is 0.781. The third-order valence-electron chi connectivity index (χ3n) is 3.78. The van der Waals surface area contributed by atoms with Crippen LogP contribution in [0.3, 0.4) is 0 Å². The number of nitrogens with zero attached hydrogens (tertiary/aromatic N) is 1. The molecule has 2 unspecified atom stereocenters. The van der Waals surface area contributed by atoms with Crippen LogP contribution in [0.5, 0.6) is 0 Å². The highest BCUT2D eigenvalue weighted by atomic mass is 32.2. The van der Waals surface area contributed by atoms with Crippen molar-refractivity contribution in [3.05, 3.63) is 35.9 Å². The van der Waals surface area contributed by atoms with Crippen molar-refractivity contribution in [2.75, 3.05) is 6.54 Å². The van der Waals surface area contributed by atoms with Crippen LogP contribution in [0, 0.1) is 0 Å². The van der Waals surface area contributed by atoms with E-state index in [1.54, 1.807) is 0 Å². The lowest BCUT2D eigenvalue weighted by atomic mass is 10.1. The highest BCUT2D eigenvalue weighted by Gasteiger charge is 2.46. The van der Waals surface area contributed by atoms with E-state index in [-0.39, 0.29) is 23.7 Å². The van der Waals surface area contributed by atoms with Gasteiger partial charge in [-0.1, -0.05) is 30.3 Å². The molecule has 5 nitrogen and oxygen atoms in total. The van der Waals surface area contributed by atoms with Crippen molar-refractivity contribution in [1.82, 2.24) is 9.62 Å².